The predicted molar refractivity (Wildman–Crippen MR) is 110 cm³/mol. The van der Waals surface area contributed by atoms with Crippen molar-refractivity contribution in [2.75, 3.05) is 19.7 Å². The van der Waals surface area contributed by atoms with E-state index in [1.54, 1.807) is 22.7 Å². The molecule has 6 heteroatoms. The SMILES string of the molecule is CCc1csc(CC2CCN(C(=O)C(C)C3OCCc4sccc43)CC2)n1. The number of thiophene rings is 1. The van der Waals surface area contributed by atoms with Crippen LogP contribution < -0.4 is 0 Å². The molecule has 1 saturated heterocycles. The normalized spacial score (nSPS) is 21.9. The second-order valence-corrected chi connectivity index (χ2v) is 9.63. The number of ether oxygens (including phenoxy) is 1. The molecule has 0 radical (unpaired) electrons. The number of hydrogen-bond acceptors (Lipinski definition) is 5. The van der Waals surface area contributed by atoms with E-state index < -0.39 is 0 Å². The van der Waals surface area contributed by atoms with Crippen molar-refractivity contribution in [3.8, 4) is 0 Å². The number of piperidine rings is 1. The molecular formula is C21H28N2O2S2. The maximum Gasteiger partial charge on any atom is 0.228 e. The molecule has 146 valence electrons. The maximum absolute atomic E-state index is 13.1. The summed E-state index contributed by atoms with van der Waals surface area (Å²) in [6.07, 6.45) is 5.13. The van der Waals surface area contributed by atoms with Crippen molar-refractivity contribution >= 4 is 28.6 Å². The molecule has 2 aromatic heterocycles. The number of rotatable bonds is 5. The summed E-state index contributed by atoms with van der Waals surface area (Å²) >= 11 is 3.57. The van der Waals surface area contributed by atoms with Crippen LogP contribution in [0.1, 0.15) is 53.9 Å². The first-order valence-electron chi connectivity index (χ1n) is 10.1. The number of thiazole rings is 1. The molecule has 2 atom stereocenters. The van der Waals surface area contributed by atoms with Crippen LogP contribution in [0.15, 0.2) is 16.8 Å². The van der Waals surface area contributed by atoms with Gasteiger partial charge >= 0.3 is 0 Å². The molecule has 0 bridgehead atoms. The van der Waals surface area contributed by atoms with Crippen LogP contribution in [-0.2, 0) is 28.8 Å². The molecule has 2 aliphatic heterocycles. The van der Waals surface area contributed by atoms with Gasteiger partial charge in [-0.2, -0.15) is 0 Å². The van der Waals surface area contributed by atoms with E-state index in [-0.39, 0.29) is 17.9 Å². The molecule has 0 aliphatic carbocycles. The van der Waals surface area contributed by atoms with Gasteiger partial charge in [0.1, 0.15) is 0 Å². The Balaban J connectivity index is 1.32. The molecule has 27 heavy (non-hydrogen) atoms. The monoisotopic (exact) mass is 404 g/mol. The Kier molecular flexibility index (Phi) is 5.95. The number of hydrogen-bond donors (Lipinski definition) is 0. The van der Waals surface area contributed by atoms with E-state index in [2.05, 4.69) is 28.7 Å². The summed E-state index contributed by atoms with van der Waals surface area (Å²) in [6, 6.07) is 2.14. The van der Waals surface area contributed by atoms with Crippen molar-refractivity contribution in [1.82, 2.24) is 9.88 Å². The summed E-state index contributed by atoms with van der Waals surface area (Å²) in [5.41, 5.74) is 2.44. The van der Waals surface area contributed by atoms with Crippen LogP contribution in [0.3, 0.4) is 0 Å². The van der Waals surface area contributed by atoms with Gasteiger partial charge in [0.25, 0.3) is 0 Å². The number of fused-ring (bicyclic) bond motifs is 1. The first kappa shape index (κ1) is 19.1. The minimum absolute atomic E-state index is 0.0759. The highest BCUT2D eigenvalue weighted by atomic mass is 32.1. The number of nitrogens with zero attached hydrogens (tertiary/aromatic N) is 2. The van der Waals surface area contributed by atoms with Gasteiger partial charge in [0.05, 0.1) is 29.3 Å². The van der Waals surface area contributed by atoms with E-state index in [9.17, 15) is 4.79 Å². The molecule has 2 unspecified atom stereocenters. The van der Waals surface area contributed by atoms with Gasteiger partial charge in [-0.05, 0) is 42.2 Å². The Morgan fingerprint density at radius 2 is 2.19 bits per heavy atom. The summed E-state index contributed by atoms with van der Waals surface area (Å²) in [7, 11) is 0. The summed E-state index contributed by atoms with van der Waals surface area (Å²) in [4.78, 5) is 21.2. The topological polar surface area (TPSA) is 42.4 Å². The van der Waals surface area contributed by atoms with E-state index in [1.807, 2.05) is 6.92 Å². The van der Waals surface area contributed by atoms with Gasteiger partial charge in [-0.25, -0.2) is 4.98 Å². The Morgan fingerprint density at radius 3 is 2.93 bits per heavy atom. The Labute approximate surface area is 169 Å². The molecule has 0 saturated carbocycles. The van der Waals surface area contributed by atoms with Crippen LogP contribution in [0, 0.1) is 11.8 Å². The van der Waals surface area contributed by atoms with Gasteiger partial charge in [0.15, 0.2) is 0 Å². The Hall–Kier alpha value is -1.24. The molecule has 4 heterocycles. The quantitative estimate of drug-likeness (QED) is 0.737. The molecule has 0 spiro atoms. The van der Waals surface area contributed by atoms with Crippen molar-refractivity contribution in [2.24, 2.45) is 11.8 Å². The fraction of sp³-hybridized carbons (Fsp3) is 0.619. The zero-order valence-corrected chi connectivity index (χ0v) is 17.8. The first-order chi connectivity index (χ1) is 13.2. The predicted octanol–water partition coefficient (Wildman–Crippen LogP) is 4.50. The van der Waals surface area contributed by atoms with Gasteiger partial charge in [-0.3, -0.25) is 4.79 Å². The van der Waals surface area contributed by atoms with Crippen LogP contribution >= 0.6 is 22.7 Å². The van der Waals surface area contributed by atoms with E-state index in [0.29, 0.717) is 5.92 Å². The van der Waals surface area contributed by atoms with E-state index >= 15 is 0 Å². The average Bonchev–Trinajstić information content (AvgIpc) is 3.36. The van der Waals surface area contributed by atoms with Crippen molar-refractivity contribution < 1.29 is 9.53 Å². The molecule has 4 rings (SSSR count). The summed E-state index contributed by atoms with van der Waals surface area (Å²) in [5.74, 6) is 0.788. The van der Waals surface area contributed by atoms with Gasteiger partial charge in [-0.15, -0.1) is 22.7 Å². The molecule has 2 aliphatic rings. The van der Waals surface area contributed by atoms with E-state index in [1.165, 1.54) is 21.1 Å². The second-order valence-electron chi connectivity index (χ2n) is 7.69. The number of aromatic nitrogens is 1. The van der Waals surface area contributed by atoms with Crippen LogP contribution in [-0.4, -0.2) is 35.5 Å². The van der Waals surface area contributed by atoms with E-state index in [0.717, 1.165) is 51.8 Å². The van der Waals surface area contributed by atoms with Crippen LogP contribution in [0.5, 0.6) is 0 Å². The molecule has 1 fully saturated rings. The fourth-order valence-electron chi connectivity index (χ4n) is 4.22. The summed E-state index contributed by atoms with van der Waals surface area (Å²) in [5, 5.41) is 5.56. The third kappa shape index (κ3) is 4.13. The summed E-state index contributed by atoms with van der Waals surface area (Å²) < 4.78 is 6.00. The molecule has 0 aromatic carbocycles. The molecule has 4 nitrogen and oxygen atoms in total. The number of likely N-dealkylation sites (tertiary alicyclic amines) is 1. The van der Waals surface area contributed by atoms with Crippen molar-refractivity contribution in [3.05, 3.63) is 38.0 Å². The highest BCUT2D eigenvalue weighted by Crippen LogP contribution is 2.37. The lowest BCUT2D eigenvalue weighted by molar-refractivity contribution is -0.142. The highest BCUT2D eigenvalue weighted by Gasteiger charge is 2.35. The zero-order valence-electron chi connectivity index (χ0n) is 16.1. The number of aryl methyl sites for hydroxylation is 1. The van der Waals surface area contributed by atoms with Crippen LogP contribution in [0.25, 0.3) is 0 Å². The van der Waals surface area contributed by atoms with Crippen molar-refractivity contribution in [3.63, 3.8) is 0 Å². The average molecular weight is 405 g/mol. The summed E-state index contributed by atoms with van der Waals surface area (Å²) in [6.45, 7) is 6.64. The molecule has 0 N–H and O–H groups in total. The molecule has 2 aromatic rings. The second kappa shape index (κ2) is 8.41. The third-order valence-electron chi connectivity index (χ3n) is 5.91. The number of amides is 1. The lowest BCUT2D eigenvalue weighted by Crippen LogP contribution is -2.43. The number of carbonyl (C=O) groups is 1. The zero-order chi connectivity index (χ0) is 18.8. The minimum Gasteiger partial charge on any atom is -0.372 e. The maximum atomic E-state index is 13.1. The fourth-order valence-corrected chi connectivity index (χ4v) is 6.11. The Morgan fingerprint density at radius 1 is 1.37 bits per heavy atom. The standard InChI is InChI=1S/C21H28N2O2S2/c1-3-16-13-27-19(22-16)12-15-4-8-23(9-5-15)21(24)14(2)20-17-7-11-26-18(17)6-10-25-20/h7,11,13-15,20H,3-6,8-10,12H2,1-2H3. The largest absolute Gasteiger partial charge is 0.372 e. The van der Waals surface area contributed by atoms with Gasteiger partial charge in [0, 0.05) is 36.2 Å². The van der Waals surface area contributed by atoms with Crippen LogP contribution in [0.2, 0.25) is 0 Å². The smallest absolute Gasteiger partial charge is 0.228 e. The molecule has 1 amide bonds. The van der Waals surface area contributed by atoms with Gasteiger partial charge < -0.3 is 9.64 Å². The van der Waals surface area contributed by atoms with E-state index in [4.69, 9.17) is 9.72 Å². The van der Waals surface area contributed by atoms with Crippen LogP contribution in [0.4, 0.5) is 0 Å². The lowest BCUT2D eigenvalue weighted by Gasteiger charge is -2.36. The lowest BCUT2D eigenvalue weighted by atomic mass is 9.90. The first-order valence-corrected chi connectivity index (χ1v) is 11.8. The van der Waals surface area contributed by atoms with Gasteiger partial charge in [-0.1, -0.05) is 13.8 Å². The van der Waals surface area contributed by atoms with Gasteiger partial charge in [0.2, 0.25) is 5.91 Å². The van der Waals surface area contributed by atoms with Crippen molar-refractivity contribution in [1.29, 1.82) is 0 Å². The minimum atomic E-state index is -0.110. The Bertz CT molecular complexity index is 777. The highest BCUT2D eigenvalue weighted by molar-refractivity contribution is 7.10. The molecular weight excluding hydrogens is 376 g/mol. The number of carbonyl (C=O) groups excluding carboxylic acids is 1. The third-order valence-corrected chi connectivity index (χ3v) is 7.82. The van der Waals surface area contributed by atoms with Crippen molar-refractivity contribution in [2.45, 2.75) is 52.1 Å².